The third kappa shape index (κ3) is 3.50. The van der Waals surface area contributed by atoms with Crippen molar-refractivity contribution in [1.82, 2.24) is 19.4 Å². The van der Waals surface area contributed by atoms with Gasteiger partial charge in [0.2, 0.25) is 0 Å². The van der Waals surface area contributed by atoms with E-state index in [0.29, 0.717) is 5.92 Å². The predicted octanol–water partition coefficient (Wildman–Crippen LogP) is 3.07. The zero-order valence-electron chi connectivity index (χ0n) is 12.8. The zero-order valence-corrected chi connectivity index (χ0v) is 12.8. The van der Waals surface area contributed by atoms with Crippen LogP contribution in [0.3, 0.4) is 0 Å². The molecule has 0 saturated carbocycles. The Morgan fingerprint density at radius 3 is 2.62 bits per heavy atom. The highest BCUT2D eigenvalue weighted by atomic mass is 15.2. The Kier molecular flexibility index (Phi) is 4.65. The Morgan fingerprint density at radius 2 is 1.90 bits per heavy atom. The predicted molar refractivity (Wildman–Crippen MR) is 84.0 cm³/mol. The summed E-state index contributed by atoms with van der Waals surface area (Å²) < 4.78 is 2.29. The molecule has 0 amide bonds. The summed E-state index contributed by atoms with van der Waals surface area (Å²) >= 11 is 0. The van der Waals surface area contributed by atoms with Crippen LogP contribution in [0.15, 0.2) is 36.9 Å². The molecule has 0 bridgehead atoms. The van der Waals surface area contributed by atoms with Crippen LogP contribution < -0.4 is 0 Å². The van der Waals surface area contributed by atoms with Gasteiger partial charge in [0.1, 0.15) is 5.82 Å². The van der Waals surface area contributed by atoms with Crippen LogP contribution in [0.4, 0.5) is 0 Å². The SMILES string of the molecule is CCCn1ccnc1CN1CCC(c2ccncc2)CC1. The first-order valence-corrected chi connectivity index (χ1v) is 7.99. The summed E-state index contributed by atoms with van der Waals surface area (Å²) in [5.41, 5.74) is 1.44. The molecule has 0 N–H and O–H groups in total. The van der Waals surface area contributed by atoms with Gasteiger partial charge in [-0.2, -0.15) is 0 Å². The molecule has 0 aromatic carbocycles. The molecule has 1 fully saturated rings. The third-order valence-corrected chi connectivity index (χ3v) is 4.40. The van der Waals surface area contributed by atoms with Gasteiger partial charge in [-0.3, -0.25) is 9.88 Å². The second kappa shape index (κ2) is 6.85. The van der Waals surface area contributed by atoms with Gasteiger partial charge < -0.3 is 4.57 Å². The van der Waals surface area contributed by atoms with Gasteiger partial charge in [-0.25, -0.2) is 4.98 Å². The molecule has 112 valence electrons. The van der Waals surface area contributed by atoms with Crippen molar-refractivity contribution in [3.63, 3.8) is 0 Å². The quantitative estimate of drug-likeness (QED) is 0.846. The number of piperidine rings is 1. The Balaban J connectivity index is 1.55. The molecule has 0 aliphatic carbocycles. The molecule has 0 radical (unpaired) electrons. The van der Waals surface area contributed by atoms with E-state index in [1.807, 2.05) is 18.6 Å². The molecule has 3 heterocycles. The molecule has 0 atom stereocenters. The molecule has 2 aromatic heterocycles. The molecule has 0 unspecified atom stereocenters. The molecular formula is C17H24N4. The van der Waals surface area contributed by atoms with Crippen LogP contribution >= 0.6 is 0 Å². The minimum Gasteiger partial charge on any atom is -0.334 e. The molecule has 21 heavy (non-hydrogen) atoms. The first-order chi connectivity index (χ1) is 10.4. The lowest BCUT2D eigenvalue weighted by molar-refractivity contribution is 0.198. The maximum atomic E-state index is 4.52. The van der Waals surface area contributed by atoms with Gasteiger partial charge in [0.15, 0.2) is 0 Å². The smallest absolute Gasteiger partial charge is 0.122 e. The lowest BCUT2D eigenvalue weighted by atomic mass is 9.90. The molecule has 1 saturated heterocycles. The standard InChI is InChI=1S/C17H24N4/c1-2-10-21-13-9-19-17(21)14-20-11-5-16(6-12-20)15-3-7-18-8-4-15/h3-4,7-9,13,16H,2,5-6,10-12,14H2,1H3. The fraction of sp³-hybridized carbons (Fsp3) is 0.529. The van der Waals surface area contributed by atoms with Crippen molar-refractivity contribution in [3.05, 3.63) is 48.3 Å². The van der Waals surface area contributed by atoms with Crippen molar-refractivity contribution >= 4 is 0 Å². The number of hydrogen-bond donors (Lipinski definition) is 0. The first kappa shape index (κ1) is 14.3. The molecule has 2 aromatic rings. The number of likely N-dealkylation sites (tertiary alicyclic amines) is 1. The van der Waals surface area contributed by atoms with Crippen LogP contribution in [-0.2, 0) is 13.1 Å². The van der Waals surface area contributed by atoms with Gasteiger partial charge in [-0.15, -0.1) is 0 Å². The van der Waals surface area contributed by atoms with E-state index in [1.54, 1.807) is 0 Å². The van der Waals surface area contributed by atoms with Crippen LogP contribution in [0.2, 0.25) is 0 Å². The monoisotopic (exact) mass is 284 g/mol. The van der Waals surface area contributed by atoms with Gasteiger partial charge in [0.05, 0.1) is 6.54 Å². The number of nitrogens with zero attached hydrogens (tertiary/aromatic N) is 4. The molecule has 4 nitrogen and oxygen atoms in total. The summed E-state index contributed by atoms with van der Waals surface area (Å²) in [5.74, 6) is 1.90. The number of pyridine rings is 1. The normalized spacial score (nSPS) is 17.2. The van der Waals surface area contributed by atoms with Gasteiger partial charge in [-0.1, -0.05) is 6.92 Å². The molecular weight excluding hydrogens is 260 g/mol. The van der Waals surface area contributed by atoms with Crippen LogP contribution in [0.5, 0.6) is 0 Å². The largest absolute Gasteiger partial charge is 0.334 e. The van der Waals surface area contributed by atoms with E-state index >= 15 is 0 Å². The van der Waals surface area contributed by atoms with Crippen molar-refractivity contribution in [2.45, 2.75) is 45.2 Å². The average Bonchev–Trinajstić information content (AvgIpc) is 2.96. The Bertz CT molecular complexity index is 541. The summed E-state index contributed by atoms with van der Waals surface area (Å²) in [5, 5.41) is 0. The van der Waals surface area contributed by atoms with Crippen LogP contribution in [0, 0.1) is 0 Å². The highest BCUT2D eigenvalue weighted by Gasteiger charge is 2.21. The maximum Gasteiger partial charge on any atom is 0.122 e. The van der Waals surface area contributed by atoms with Crippen molar-refractivity contribution < 1.29 is 0 Å². The molecule has 3 rings (SSSR count). The average molecular weight is 284 g/mol. The number of hydrogen-bond acceptors (Lipinski definition) is 3. The van der Waals surface area contributed by atoms with Gasteiger partial charge >= 0.3 is 0 Å². The number of rotatable bonds is 5. The van der Waals surface area contributed by atoms with Gasteiger partial charge in [-0.05, 0) is 56.0 Å². The summed E-state index contributed by atoms with van der Waals surface area (Å²) in [6.45, 7) is 6.58. The minimum atomic E-state index is 0.694. The summed E-state index contributed by atoms with van der Waals surface area (Å²) in [6, 6.07) is 4.32. The van der Waals surface area contributed by atoms with Crippen LogP contribution in [0.25, 0.3) is 0 Å². The summed E-state index contributed by atoms with van der Waals surface area (Å²) in [6.07, 6.45) is 11.5. The summed E-state index contributed by atoms with van der Waals surface area (Å²) in [4.78, 5) is 11.2. The van der Waals surface area contributed by atoms with E-state index in [9.17, 15) is 0 Å². The second-order valence-electron chi connectivity index (χ2n) is 5.87. The van der Waals surface area contributed by atoms with Gasteiger partial charge in [0.25, 0.3) is 0 Å². The molecule has 0 spiro atoms. The molecule has 1 aliphatic rings. The maximum absolute atomic E-state index is 4.52. The highest BCUT2D eigenvalue weighted by molar-refractivity contribution is 5.16. The van der Waals surface area contributed by atoms with Gasteiger partial charge in [0, 0.05) is 31.3 Å². The first-order valence-electron chi connectivity index (χ1n) is 7.99. The lowest BCUT2D eigenvalue weighted by Crippen LogP contribution is -2.33. The minimum absolute atomic E-state index is 0.694. The van der Waals surface area contributed by atoms with E-state index in [4.69, 9.17) is 0 Å². The van der Waals surface area contributed by atoms with E-state index in [2.05, 4.69) is 44.7 Å². The highest BCUT2D eigenvalue weighted by Crippen LogP contribution is 2.27. The lowest BCUT2D eigenvalue weighted by Gasteiger charge is -2.32. The topological polar surface area (TPSA) is 34.0 Å². The fourth-order valence-corrected chi connectivity index (χ4v) is 3.20. The van der Waals surface area contributed by atoms with Crippen LogP contribution in [-0.4, -0.2) is 32.5 Å². The number of aryl methyl sites for hydroxylation is 1. The fourth-order valence-electron chi connectivity index (χ4n) is 3.20. The molecule has 1 aliphatic heterocycles. The zero-order chi connectivity index (χ0) is 14.5. The molecule has 4 heteroatoms. The van der Waals surface area contributed by atoms with E-state index < -0.39 is 0 Å². The van der Waals surface area contributed by atoms with Crippen molar-refractivity contribution in [2.75, 3.05) is 13.1 Å². The Morgan fingerprint density at radius 1 is 1.14 bits per heavy atom. The van der Waals surface area contributed by atoms with E-state index in [0.717, 1.165) is 32.6 Å². The van der Waals surface area contributed by atoms with Crippen LogP contribution in [0.1, 0.15) is 43.5 Å². The van der Waals surface area contributed by atoms with E-state index in [1.165, 1.54) is 24.2 Å². The number of imidazole rings is 1. The van der Waals surface area contributed by atoms with Crippen molar-refractivity contribution in [1.29, 1.82) is 0 Å². The Hall–Kier alpha value is -1.68. The van der Waals surface area contributed by atoms with E-state index in [-0.39, 0.29) is 0 Å². The third-order valence-electron chi connectivity index (χ3n) is 4.40. The second-order valence-corrected chi connectivity index (χ2v) is 5.87. The van der Waals surface area contributed by atoms with Crippen molar-refractivity contribution in [3.8, 4) is 0 Å². The summed E-state index contributed by atoms with van der Waals surface area (Å²) in [7, 11) is 0. The number of aromatic nitrogens is 3. The Labute approximate surface area is 126 Å². The van der Waals surface area contributed by atoms with Crippen molar-refractivity contribution in [2.24, 2.45) is 0 Å².